The lowest BCUT2D eigenvalue weighted by Gasteiger charge is -2.24. The van der Waals surface area contributed by atoms with E-state index in [9.17, 15) is 11.9 Å². The highest BCUT2D eigenvalue weighted by Gasteiger charge is 2.33. The van der Waals surface area contributed by atoms with Gasteiger partial charge < -0.3 is 16.1 Å². The smallest absolute Gasteiger partial charge is 0.103 e. The van der Waals surface area contributed by atoms with E-state index in [2.05, 4.69) is 45.6 Å². The first-order valence-corrected chi connectivity index (χ1v) is 14.0. The largest absolute Gasteiger partial charge is 0.377 e. The van der Waals surface area contributed by atoms with Gasteiger partial charge in [-0.2, -0.15) is 10.5 Å². The third-order valence-corrected chi connectivity index (χ3v) is 7.68. The van der Waals surface area contributed by atoms with Gasteiger partial charge in [0.25, 0.3) is 0 Å². The van der Waals surface area contributed by atoms with Crippen molar-refractivity contribution in [2.45, 2.75) is 44.3 Å². The molecule has 9 heteroatoms. The SMILES string of the molecule is [2H]C(Nc1cc(C#N)c2ncc(C#N)c(N[C@H](CC)c3ccccc3)c2c1)(C1=CN(C2CC2)NN1)c1ccccc1Cl. The van der Waals surface area contributed by atoms with Crippen LogP contribution in [0.3, 0.4) is 0 Å². The second-order valence-corrected chi connectivity index (χ2v) is 10.5. The number of nitrogens with zero attached hydrogens (tertiary/aromatic N) is 4. The zero-order valence-electron chi connectivity index (χ0n) is 23.4. The molecule has 1 aliphatic heterocycles. The molecule has 1 unspecified atom stereocenters. The summed E-state index contributed by atoms with van der Waals surface area (Å²) in [6.45, 7) is 2.08. The Morgan fingerprint density at radius 1 is 1.07 bits per heavy atom. The van der Waals surface area contributed by atoms with Gasteiger partial charge in [-0.15, -0.1) is 5.53 Å². The molecule has 8 nitrogen and oxygen atoms in total. The van der Waals surface area contributed by atoms with Gasteiger partial charge in [-0.25, -0.2) is 0 Å². The van der Waals surface area contributed by atoms with E-state index in [0.29, 0.717) is 55.7 Å². The predicted molar refractivity (Wildman–Crippen MR) is 161 cm³/mol. The fraction of sp³-hybridized carbons (Fsp3) is 0.219. The van der Waals surface area contributed by atoms with Crippen molar-refractivity contribution in [2.24, 2.45) is 0 Å². The molecule has 2 atom stereocenters. The topological polar surface area (TPSA) is 112 Å². The maximum atomic E-state index is 10.1. The van der Waals surface area contributed by atoms with Crippen LogP contribution in [0.5, 0.6) is 0 Å². The van der Waals surface area contributed by atoms with Gasteiger partial charge in [0.2, 0.25) is 0 Å². The van der Waals surface area contributed by atoms with E-state index >= 15 is 0 Å². The summed E-state index contributed by atoms with van der Waals surface area (Å²) in [6, 6.07) is 24.1. The molecule has 41 heavy (non-hydrogen) atoms. The van der Waals surface area contributed by atoms with Gasteiger partial charge in [0, 0.05) is 34.5 Å². The number of nitriles is 2. The zero-order valence-corrected chi connectivity index (χ0v) is 23.2. The molecule has 1 fully saturated rings. The second-order valence-electron chi connectivity index (χ2n) is 10.1. The van der Waals surface area contributed by atoms with Gasteiger partial charge >= 0.3 is 0 Å². The highest BCUT2D eigenvalue weighted by molar-refractivity contribution is 6.31. The summed E-state index contributed by atoms with van der Waals surface area (Å²) in [5, 5.41) is 30.1. The van der Waals surface area contributed by atoms with Gasteiger partial charge in [0.05, 0.1) is 41.5 Å². The van der Waals surface area contributed by atoms with E-state index in [1.807, 2.05) is 65.8 Å². The minimum Gasteiger partial charge on any atom is -0.377 e. The van der Waals surface area contributed by atoms with Crippen LogP contribution < -0.4 is 21.6 Å². The van der Waals surface area contributed by atoms with Crippen molar-refractivity contribution in [1.29, 1.82) is 10.5 Å². The van der Waals surface area contributed by atoms with Gasteiger partial charge in [-0.1, -0.05) is 67.1 Å². The average Bonchev–Trinajstić information content (AvgIpc) is 3.75. The van der Waals surface area contributed by atoms with Crippen LogP contribution in [0.15, 0.2) is 84.8 Å². The monoisotopic (exact) mass is 561 g/mol. The fourth-order valence-corrected chi connectivity index (χ4v) is 5.30. The van der Waals surface area contributed by atoms with Gasteiger partial charge in [-0.3, -0.25) is 9.99 Å². The standard InChI is InChI=1S/C32H29ClN8/c1-2-28(20-8-4-3-5-9-20)38-31-22(17-35)18-36-30-21(16-34)14-23(15-26(30)31)37-32(25-10-6-7-11-27(25)33)29-19-41(40-39-29)24-12-13-24/h3-11,14-15,18-19,24,28,32,37,39-40H,2,12-13H2,1H3,(H,36,38)/t28-,32?/m1/s1/i32D. The highest BCUT2D eigenvalue weighted by Crippen LogP contribution is 2.38. The van der Waals surface area contributed by atoms with Crippen LogP contribution in [-0.4, -0.2) is 16.0 Å². The summed E-state index contributed by atoms with van der Waals surface area (Å²) in [5.74, 6) is 0. The molecule has 6 rings (SSSR count). The van der Waals surface area contributed by atoms with Crippen molar-refractivity contribution in [2.75, 3.05) is 10.6 Å². The summed E-state index contributed by atoms with van der Waals surface area (Å²) in [4.78, 5) is 4.49. The maximum absolute atomic E-state index is 10.1. The van der Waals surface area contributed by atoms with Crippen molar-refractivity contribution < 1.29 is 1.37 Å². The molecule has 2 heterocycles. The molecular weight excluding hydrogens is 532 g/mol. The van der Waals surface area contributed by atoms with Gasteiger partial charge in [0.15, 0.2) is 0 Å². The van der Waals surface area contributed by atoms with Crippen LogP contribution in [0, 0.1) is 22.7 Å². The summed E-state index contributed by atoms with van der Waals surface area (Å²) in [5.41, 5.74) is 10.7. The van der Waals surface area contributed by atoms with E-state index in [0.717, 1.165) is 24.8 Å². The van der Waals surface area contributed by atoms with E-state index in [1.54, 1.807) is 12.1 Å². The Bertz CT molecular complexity index is 1760. The number of anilines is 2. The van der Waals surface area contributed by atoms with Crippen molar-refractivity contribution in [1.82, 2.24) is 21.0 Å². The summed E-state index contributed by atoms with van der Waals surface area (Å²) in [6.07, 6.45) is 6.31. The number of fused-ring (bicyclic) bond motifs is 1. The first-order valence-electron chi connectivity index (χ1n) is 14.1. The Morgan fingerprint density at radius 2 is 1.83 bits per heavy atom. The molecule has 0 amide bonds. The van der Waals surface area contributed by atoms with Crippen LogP contribution in [-0.2, 0) is 0 Å². The van der Waals surface area contributed by atoms with Crippen LogP contribution in [0.25, 0.3) is 10.9 Å². The lowest BCUT2D eigenvalue weighted by atomic mass is 10.00. The Kier molecular flexibility index (Phi) is 7.00. The van der Waals surface area contributed by atoms with Crippen molar-refractivity contribution in [3.05, 3.63) is 112 Å². The van der Waals surface area contributed by atoms with Gasteiger partial charge in [-0.05, 0) is 48.6 Å². The third kappa shape index (κ3) is 5.36. The number of nitrogens with one attached hydrogen (secondary N) is 4. The molecule has 3 aromatic carbocycles. The lowest BCUT2D eigenvalue weighted by molar-refractivity contribution is 0.260. The molecule has 2 aliphatic rings. The number of benzene rings is 3. The predicted octanol–water partition coefficient (Wildman–Crippen LogP) is 6.68. The van der Waals surface area contributed by atoms with Gasteiger partial charge in [0.1, 0.15) is 12.1 Å². The molecule has 0 saturated heterocycles. The minimum atomic E-state index is -1.54. The average molecular weight is 562 g/mol. The second kappa shape index (κ2) is 11.4. The van der Waals surface area contributed by atoms with E-state index < -0.39 is 6.02 Å². The van der Waals surface area contributed by atoms with E-state index in [1.165, 1.54) is 6.20 Å². The molecule has 1 saturated carbocycles. The summed E-state index contributed by atoms with van der Waals surface area (Å²) >= 11 is 6.66. The molecule has 1 aliphatic carbocycles. The highest BCUT2D eigenvalue weighted by atomic mass is 35.5. The Labute approximate surface area is 245 Å². The molecule has 0 radical (unpaired) electrons. The minimum absolute atomic E-state index is 0.0724. The number of halogens is 1. The molecule has 0 spiro atoms. The van der Waals surface area contributed by atoms with Crippen LogP contribution in [0.4, 0.5) is 11.4 Å². The fourth-order valence-electron chi connectivity index (χ4n) is 5.07. The molecule has 4 aromatic rings. The Balaban J connectivity index is 1.48. The van der Waals surface area contributed by atoms with Crippen LogP contribution >= 0.6 is 11.6 Å². The summed E-state index contributed by atoms with van der Waals surface area (Å²) < 4.78 is 9.75. The quantitative estimate of drug-likeness (QED) is 0.179. The number of aromatic nitrogens is 1. The number of hydrogen-bond donors (Lipinski definition) is 4. The van der Waals surface area contributed by atoms with Crippen molar-refractivity contribution in [3.8, 4) is 12.1 Å². The maximum Gasteiger partial charge on any atom is 0.103 e. The zero-order chi connectivity index (χ0) is 29.3. The molecule has 1 aromatic heterocycles. The van der Waals surface area contributed by atoms with Crippen molar-refractivity contribution >= 4 is 33.9 Å². The molecule has 204 valence electrons. The van der Waals surface area contributed by atoms with Crippen LogP contribution in [0.1, 0.15) is 61.9 Å². The molecule has 4 N–H and O–H groups in total. The Morgan fingerprint density at radius 3 is 2.54 bits per heavy atom. The first-order chi connectivity index (χ1) is 20.4. The molecular formula is C32H29ClN8. The number of rotatable bonds is 9. The normalized spacial score (nSPS) is 16.9. The Hall–Kier alpha value is -4.76. The van der Waals surface area contributed by atoms with E-state index in [-0.39, 0.29) is 6.04 Å². The number of pyridine rings is 1. The number of hydrogen-bond acceptors (Lipinski definition) is 8. The third-order valence-electron chi connectivity index (χ3n) is 7.35. The van der Waals surface area contributed by atoms with Crippen molar-refractivity contribution in [3.63, 3.8) is 0 Å². The summed E-state index contributed by atoms with van der Waals surface area (Å²) in [7, 11) is 0. The molecule has 0 bridgehead atoms. The lowest BCUT2D eigenvalue weighted by Crippen LogP contribution is -2.38. The van der Waals surface area contributed by atoms with Crippen LogP contribution in [0.2, 0.25) is 5.02 Å². The first kappa shape index (κ1) is 25.2. The van der Waals surface area contributed by atoms with E-state index in [4.69, 9.17) is 11.6 Å². The number of hydrazine groups is 2.